The van der Waals surface area contributed by atoms with Crippen LogP contribution in [0.1, 0.15) is 31.9 Å². The van der Waals surface area contributed by atoms with Gasteiger partial charge in [-0.25, -0.2) is 0 Å². The molecule has 1 aromatic carbocycles. The van der Waals surface area contributed by atoms with Gasteiger partial charge in [-0.1, -0.05) is 44.2 Å². The number of amides is 1. The Labute approximate surface area is 127 Å². The number of rotatable bonds is 7. The van der Waals surface area contributed by atoms with Gasteiger partial charge < -0.3 is 15.8 Å². The number of nitrogens with one attached hydrogen (secondary N) is 1. The predicted molar refractivity (Wildman–Crippen MR) is 83.9 cm³/mol. The molecule has 3 N–H and O–H groups in total. The molecule has 0 heterocycles. The summed E-state index contributed by atoms with van der Waals surface area (Å²) in [6, 6.07) is 9.37. The second-order valence-electron chi connectivity index (χ2n) is 5.12. The van der Waals surface area contributed by atoms with Crippen LogP contribution in [0.5, 0.6) is 0 Å². The number of nitrogens with two attached hydrogens (primary N) is 1. The van der Waals surface area contributed by atoms with Gasteiger partial charge in [0.2, 0.25) is 5.91 Å². The van der Waals surface area contributed by atoms with Crippen molar-refractivity contribution in [3.63, 3.8) is 0 Å². The second-order valence-corrected chi connectivity index (χ2v) is 5.12. The average molecular weight is 301 g/mol. The first kappa shape index (κ1) is 18.9. The van der Waals surface area contributed by atoms with Gasteiger partial charge in [-0.3, -0.25) is 4.79 Å². The Morgan fingerprint density at radius 3 is 2.40 bits per heavy atom. The minimum atomic E-state index is -0.451. The molecule has 1 unspecified atom stereocenters. The first-order valence-corrected chi connectivity index (χ1v) is 6.65. The van der Waals surface area contributed by atoms with Crippen LogP contribution in [0.15, 0.2) is 30.3 Å². The van der Waals surface area contributed by atoms with Crippen molar-refractivity contribution in [1.82, 2.24) is 5.32 Å². The number of benzene rings is 1. The Morgan fingerprint density at radius 2 is 1.90 bits per heavy atom. The second kappa shape index (κ2) is 9.75. The van der Waals surface area contributed by atoms with Gasteiger partial charge in [0.1, 0.15) is 0 Å². The van der Waals surface area contributed by atoms with Gasteiger partial charge in [-0.15, -0.1) is 12.4 Å². The minimum absolute atomic E-state index is 0. The van der Waals surface area contributed by atoms with E-state index in [9.17, 15) is 4.79 Å². The highest BCUT2D eigenvalue weighted by Crippen LogP contribution is 2.14. The van der Waals surface area contributed by atoms with Crippen molar-refractivity contribution < 1.29 is 9.53 Å². The molecule has 0 aromatic heterocycles. The molecule has 1 rings (SSSR count). The van der Waals surface area contributed by atoms with Gasteiger partial charge in [-0.2, -0.15) is 0 Å². The zero-order valence-corrected chi connectivity index (χ0v) is 13.2. The first-order chi connectivity index (χ1) is 9.04. The van der Waals surface area contributed by atoms with Crippen molar-refractivity contribution in [2.75, 3.05) is 13.7 Å². The zero-order chi connectivity index (χ0) is 14.3. The van der Waals surface area contributed by atoms with E-state index < -0.39 is 6.04 Å². The van der Waals surface area contributed by atoms with E-state index in [1.54, 1.807) is 7.11 Å². The molecule has 0 aliphatic rings. The molecule has 0 radical (unpaired) electrons. The third-order valence-electron chi connectivity index (χ3n) is 2.98. The Bertz CT molecular complexity index is 385. The highest BCUT2D eigenvalue weighted by Gasteiger charge is 2.17. The molecular weight excluding hydrogens is 276 g/mol. The van der Waals surface area contributed by atoms with Crippen LogP contribution < -0.4 is 11.1 Å². The van der Waals surface area contributed by atoms with E-state index in [4.69, 9.17) is 10.5 Å². The number of hydrogen-bond donors (Lipinski definition) is 2. The van der Waals surface area contributed by atoms with Crippen LogP contribution in [0.25, 0.3) is 0 Å². The molecule has 0 bridgehead atoms. The van der Waals surface area contributed by atoms with Gasteiger partial charge in [0, 0.05) is 13.7 Å². The van der Waals surface area contributed by atoms with Crippen molar-refractivity contribution in [3.8, 4) is 0 Å². The van der Waals surface area contributed by atoms with Crippen LogP contribution in [0.4, 0.5) is 0 Å². The molecule has 0 spiro atoms. The van der Waals surface area contributed by atoms with Gasteiger partial charge in [-0.05, 0) is 17.9 Å². The minimum Gasteiger partial charge on any atom is -0.375 e. The zero-order valence-electron chi connectivity index (χ0n) is 12.3. The topological polar surface area (TPSA) is 64.3 Å². The summed E-state index contributed by atoms with van der Waals surface area (Å²) in [6.07, 6.45) is 0.547. The van der Waals surface area contributed by atoms with Crippen LogP contribution in [0.2, 0.25) is 0 Å². The SMILES string of the molecule is COC(CNC(=O)[C@@H](N)CC(C)C)c1ccccc1.Cl. The molecule has 5 heteroatoms. The largest absolute Gasteiger partial charge is 0.375 e. The molecule has 114 valence electrons. The Morgan fingerprint density at radius 1 is 1.30 bits per heavy atom. The summed E-state index contributed by atoms with van der Waals surface area (Å²) in [5, 5.41) is 2.85. The van der Waals surface area contributed by atoms with Gasteiger partial charge in [0.25, 0.3) is 0 Å². The van der Waals surface area contributed by atoms with Gasteiger partial charge in [0.05, 0.1) is 12.1 Å². The van der Waals surface area contributed by atoms with Crippen molar-refractivity contribution in [3.05, 3.63) is 35.9 Å². The highest BCUT2D eigenvalue weighted by molar-refractivity contribution is 5.85. The van der Waals surface area contributed by atoms with Crippen molar-refractivity contribution >= 4 is 18.3 Å². The first-order valence-electron chi connectivity index (χ1n) is 6.65. The summed E-state index contributed by atoms with van der Waals surface area (Å²) in [4.78, 5) is 11.8. The van der Waals surface area contributed by atoms with E-state index >= 15 is 0 Å². The number of carbonyl (C=O) groups is 1. The summed E-state index contributed by atoms with van der Waals surface area (Å²) < 4.78 is 5.39. The third-order valence-corrected chi connectivity index (χ3v) is 2.98. The molecule has 4 nitrogen and oxygen atoms in total. The molecular formula is C15H25ClN2O2. The molecule has 0 fully saturated rings. The summed E-state index contributed by atoms with van der Waals surface area (Å²) >= 11 is 0. The number of halogens is 1. The van der Waals surface area contributed by atoms with Crippen LogP contribution >= 0.6 is 12.4 Å². The van der Waals surface area contributed by atoms with Crippen LogP contribution in [0.3, 0.4) is 0 Å². The lowest BCUT2D eigenvalue weighted by molar-refractivity contribution is -0.123. The molecule has 1 amide bonds. The number of methoxy groups -OCH3 is 1. The molecule has 0 aliphatic heterocycles. The van der Waals surface area contributed by atoms with E-state index in [0.29, 0.717) is 18.9 Å². The summed E-state index contributed by atoms with van der Waals surface area (Å²) in [7, 11) is 1.64. The standard InChI is InChI=1S/C15H24N2O2.ClH/c1-11(2)9-13(16)15(18)17-10-14(19-3)12-7-5-4-6-8-12;/h4-8,11,13-14H,9-10,16H2,1-3H3,(H,17,18);1H/t13-,14?;/m0./s1. The fourth-order valence-electron chi connectivity index (χ4n) is 1.94. The summed E-state index contributed by atoms with van der Waals surface area (Å²) in [6.45, 7) is 4.54. The quantitative estimate of drug-likeness (QED) is 0.812. The average Bonchev–Trinajstić information content (AvgIpc) is 2.39. The number of carbonyl (C=O) groups excluding carboxylic acids is 1. The van der Waals surface area contributed by atoms with Crippen LogP contribution in [-0.2, 0) is 9.53 Å². The lowest BCUT2D eigenvalue weighted by atomic mass is 10.0. The Kier molecular flexibility index (Phi) is 9.21. The van der Waals surface area contributed by atoms with E-state index in [0.717, 1.165) is 5.56 Å². The Balaban J connectivity index is 0.00000361. The van der Waals surface area contributed by atoms with Crippen LogP contribution in [-0.4, -0.2) is 25.6 Å². The van der Waals surface area contributed by atoms with Gasteiger partial charge in [0.15, 0.2) is 0 Å². The number of hydrogen-bond acceptors (Lipinski definition) is 3. The maximum Gasteiger partial charge on any atom is 0.237 e. The predicted octanol–water partition coefficient (Wildman–Crippen LogP) is 2.29. The van der Waals surface area contributed by atoms with Crippen molar-refractivity contribution in [2.24, 2.45) is 11.7 Å². The maximum atomic E-state index is 11.8. The van der Waals surface area contributed by atoms with E-state index in [1.807, 2.05) is 30.3 Å². The molecule has 1 aromatic rings. The summed E-state index contributed by atoms with van der Waals surface area (Å²) in [5.41, 5.74) is 6.88. The molecule has 0 saturated heterocycles. The highest BCUT2D eigenvalue weighted by atomic mass is 35.5. The maximum absolute atomic E-state index is 11.8. The summed E-state index contributed by atoms with van der Waals surface area (Å²) in [5.74, 6) is 0.291. The van der Waals surface area contributed by atoms with Crippen molar-refractivity contribution in [2.45, 2.75) is 32.4 Å². The molecule has 0 aliphatic carbocycles. The third kappa shape index (κ3) is 6.37. The molecule has 20 heavy (non-hydrogen) atoms. The van der Waals surface area contributed by atoms with Crippen molar-refractivity contribution in [1.29, 1.82) is 0 Å². The van der Waals surface area contributed by atoms with E-state index in [1.165, 1.54) is 0 Å². The van der Waals surface area contributed by atoms with Gasteiger partial charge >= 0.3 is 0 Å². The fourth-order valence-corrected chi connectivity index (χ4v) is 1.94. The van der Waals surface area contributed by atoms with E-state index in [2.05, 4.69) is 19.2 Å². The Hall–Kier alpha value is -1.10. The lowest BCUT2D eigenvalue weighted by Gasteiger charge is -2.19. The lowest BCUT2D eigenvalue weighted by Crippen LogP contribution is -2.43. The molecule has 0 saturated carbocycles. The van der Waals surface area contributed by atoms with E-state index in [-0.39, 0.29) is 24.4 Å². The number of ether oxygens (including phenoxy) is 1. The monoisotopic (exact) mass is 300 g/mol. The molecule has 2 atom stereocenters. The smallest absolute Gasteiger partial charge is 0.237 e. The van der Waals surface area contributed by atoms with Crippen LogP contribution in [0, 0.1) is 5.92 Å². The normalized spacial score (nSPS) is 13.4. The fraction of sp³-hybridized carbons (Fsp3) is 0.533.